The minimum Gasteiger partial charge on any atom is -0.489 e. The first-order valence-corrected chi connectivity index (χ1v) is 7.65. The van der Waals surface area contributed by atoms with Crippen LogP contribution < -0.4 is 10.1 Å². The quantitative estimate of drug-likeness (QED) is 0.796. The van der Waals surface area contributed by atoms with Crippen molar-refractivity contribution < 1.29 is 9.13 Å². The van der Waals surface area contributed by atoms with Crippen molar-refractivity contribution in [2.24, 2.45) is 0 Å². The highest BCUT2D eigenvalue weighted by molar-refractivity contribution is 9.10. The minimum absolute atomic E-state index is 0.281. The van der Waals surface area contributed by atoms with Gasteiger partial charge in [0, 0.05) is 22.4 Å². The van der Waals surface area contributed by atoms with Gasteiger partial charge in [-0.25, -0.2) is 4.39 Å². The third kappa shape index (κ3) is 4.30. The number of rotatable bonds is 6. The van der Waals surface area contributed by atoms with Gasteiger partial charge in [-0.2, -0.15) is 0 Å². The van der Waals surface area contributed by atoms with Crippen LogP contribution in [0.2, 0.25) is 0 Å². The second-order valence-corrected chi connectivity index (χ2v) is 6.04. The van der Waals surface area contributed by atoms with E-state index in [1.165, 1.54) is 16.5 Å². The van der Waals surface area contributed by atoms with E-state index in [0.717, 1.165) is 11.0 Å². The van der Waals surface area contributed by atoms with Crippen molar-refractivity contribution in [1.29, 1.82) is 0 Å². The summed E-state index contributed by atoms with van der Waals surface area (Å²) in [6.45, 7) is 4.05. The van der Waals surface area contributed by atoms with E-state index in [4.69, 9.17) is 4.74 Å². The summed E-state index contributed by atoms with van der Waals surface area (Å²) in [5, 5.41) is 5.37. The molecule has 102 valence electrons. The summed E-state index contributed by atoms with van der Waals surface area (Å²) in [4.78, 5) is 1.33. The van der Waals surface area contributed by atoms with Crippen LogP contribution in [0.5, 0.6) is 5.75 Å². The minimum atomic E-state index is -0.336. The van der Waals surface area contributed by atoms with Gasteiger partial charge in [0.1, 0.15) is 6.61 Å². The van der Waals surface area contributed by atoms with Gasteiger partial charge in [0.15, 0.2) is 11.6 Å². The maximum absolute atomic E-state index is 13.4. The SMILES string of the molecule is Cc1ccsc1CNCCOc1cc(Br)ccc1F. The first kappa shape index (κ1) is 14.5. The van der Waals surface area contributed by atoms with Crippen LogP contribution in [0, 0.1) is 12.7 Å². The summed E-state index contributed by atoms with van der Waals surface area (Å²) >= 11 is 5.03. The average Bonchev–Trinajstić information content (AvgIpc) is 2.79. The van der Waals surface area contributed by atoms with Gasteiger partial charge in [-0.15, -0.1) is 11.3 Å². The Morgan fingerprint density at radius 2 is 2.21 bits per heavy atom. The summed E-state index contributed by atoms with van der Waals surface area (Å²) in [6.07, 6.45) is 0. The molecule has 1 aromatic carbocycles. The van der Waals surface area contributed by atoms with Crippen LogP contribution >= 0.6 is 27.3 Å². The van der Waals surface area contributed by atoms with Gasteiger partial charge in [0.05, 0.1) is 0 Å². The zero-order valence-electron chi connectivity index (χ0n) is 10.6. The van der Waals surface area contributed by atoms with E-state index < -0.39 is 0 Å². The number of halogens is 2. The number of benzene rings is 1. The van der Waals surface area contributed by atoms with E-state index in [-0.39, 0.29) is 11.6 Å². The largest absolute Gasteiger partial charge is 0.489 e. The lowest BCUT2D eigenvalue weighted by Gasteiger charge is -2.08. The van der Waals surface area contributed by atoms with Crippen LogP contribution in [-0.4, -0.2) is 13.2 Å². The van der Waals surface area contributed by atoms with Crippen molar-refractivity contribution in [1.82, 2.24) is 5.32 Å². The van der Waals surface area contributed by atoms with Crippen LogP contribution in [0.1, 0.15) is 10.4 Å². The monoisotopic (exact) mass is 343 g/mol. The van der Waals surface area contributed by atoms with E-state index >= 15 is 0 Å². The van der Waals surface area contributed by atoms with Crippen LogP contribution in [0.15, 0.2) is 34.1 Å². The van der Waals surface area contributed by atoms with Gasteiger partial charge in [0.25, 0.3) is 0 Å². The van der Waals surface area contributed by atoms with E-state index in [9.17, 15) is 4.39 Å². The fourth-order valence-corrected chi connectivity index (χ4v) is 2.82. The van der Waals surface area contributed by atoms with Crippen molar-refractivity contribution in [2.45, 2.75) is 13.5 Å². The van der Waals surface area contributed by atoms with E-state index in [1.807, 2.05) is 0 Å². The third-order valence-electron chi connectivity index (χ3n) is 2.68. The highest BCUT2D eigenvalue weighted by Crippen LogP contribution is 2.22. The average molecular weight is 344 g/mol. The molecule has 2 nitrogen and oxygen atoms in total. The number of hydrogen-bond acceptors (Lipinski definition) is 3. The molecule has 0 spiro atoms. The Kier molecular flexibility index (Phi) is 5.36. The smallest absolute Gasteiger partial charge is 0.165 e. The summed E-state index contributed by atoms with van der Waals surface area (Å²) in [5.74, 6) is -0.0548. The van der Waals surface area contributed by atoms with E-state index in [0.29, 0.717) is 13.2 Å². The Bertz CT molecular complexity index is 544. The standard InChI is InChI=1S/C14H15BrFNOS/c1-10-4-7-19-14(10)9-17-5-6-18-13-8-11(15)2-3-12(13)16/h2-4,7-8,17H,5-6,9H2,1H3. The van der Waals surface area contributed by atoms with Crippen molar-refractivity contribution in [2.75, 3.05) is 13.2 Å². The molecule has 0 radical (unpaired) electrons. The number of thiophene rings is 1. The maximum atomic E-state index is 13.4. The molecule has 0 saturated carbocycles. The van der Waals surface area contributed by atoms with Gasteiger partial charge in [-0.05, 0) is 42.1 Å². The molecule has 0 saturated heterocycles. The molecule has 19 heavy (non-hydrogen) atoms. The summed E-state index contributed by atoms with van der Waals surface area (Å²) in [5.41, 5.74) is 1.30. The Labute approximate surface area is 124 Å². The highest BCUT2D eigenvalue weighted by atomic mass is 79.9. The summed E-state index contributed by atoms with van der Waals surface area (Å²) < 4.78 is 19.6. The topological polar surface area (TPSA) is 21.3 Å². The lowest BCUT2D eigenvalue weighted by Crippen LogP contribution is -2.20. The number of ether oxygens (including phenoxy) is 1. The zero-order chi connectivity index (χ0) is 13.7. The fraction of sp³-hybridized carbons (Fsp3) is 0.286. The Morgan fingerprint density at radius 1 is 1.37 bits per heavy atom. The van der Waals surface area contributed by atoms with Gasteiger partial charge in [-0.1, -0.05) is 15.9 Å². The van der Waals surface area contributed by atoms with Crippen molar-refractivity contribution in [3.63, 3.8) is 0 Å². The van der Waals surface area contributed by atoms with E-state index in [2.05, 4.69) is 39.6 Å². The fourth-order valence-electron chi connectivity index (χ4n) is 1.61. The normalized spacial score (nSPS) is 10.7. The maximum Gasteiger partial charge on any atom is 0.165 e. The molecule has 1 N–H and O–H groups in total. The van der Waals surface area contributed by atoms with Gasteiger partial charge >= 0.3 is 0 Å². The first-order valence-electron chi connectivity index (χ1n) is 5.98. The third-order valence-corrected chi connectivity index (χ3v) is 4.20. The lowest BCUT2D eigenvalue weighted by atomic mass is 10.3. The Balaban J connectivity index is 1.72. The first-order chi connectivity index (χ1) is 9.16. The Hall–Kier alpha value is -0.910. The molecule has 0 fully saturated rings. The van der Waals surface area contributed by atoms with Gasteiger partial charge in [-0.3, -0.25) is 0 Å². The molecular weight excluding hydrogens is 329 g/mol. The molecule has 1 heterocycles. The highest BCUT2D eigenvalue weighted by Gasteiger charge is 2.03. The van der Waals surface area contributed by atoms with Crippen molar-refractivity contribution >= 4 is 27.3 Å². The van der Waals surface area contributed by atoms with Crippen molar-refractivity contribution in [3.05, 3.63) is 50.4 Å². The molecule has 0 aliphatic heterocycles. The molecule has 0 unspecified atom stereocenters. The summed E-state index contributed by atoms with van der Waals surface area (Å²) in [7, 11) is 0. The number of nitrogens with one attached hydrogen (secondary N) is 1. The van der Waals surface area contributed by atoms with Crippen LogP contribution in [0.25, 0.3) is 0 Å². The molecule has 2 aromatic rings. The lowest BCUT2D eigenvalue weighted by molar-refractivity contribution is 0.298. The molecule has 5 heteroatoms. The van der Waals surface area contributed by atoms with Gasteiger partial charge < -0.3 is 10.1 Å². The van der Waals surface area contributed by atoms with Crippen LogP contribution in [-0.2, 0) is 6.54 Å². The molecule has 1 aromatic heterocycles. The zero-order valence-corrected chi connectivity index (χ0v) is 13.0. The van der Waals surface area contributed by atoms with Crippen molar-refractivity contribution in [3.8, 4) is 5.75 Å². The molecule has 0 amide bonds. The molecule has 2 rings (SSSR count). The van der Waals surface area contributed by atoms with Gasteiger partial charge in [0.2, 0.25) is 0 Å². The molecule has 0 bridgehead atoms. The Morgan fingerprint density at radius 3 is 2.95 bits per heavy atom. The predicted molar refractivity (Wildman–Crippen MR) is 80.4 cm³/mol. The van der Waals surface area contributed by atoms with Crippen LogP contribution in [0.3, 0.4) is 0 Å². The molecule has 0 aliphatic carbocycles. The predicted octanol–water partition coefficient (Wildman–Crippen LogP) is 4.13. The number of hydrogen-bond donors (Lipinski definition) is 1. The molecular formula is C14H15BrFNOS. The molecule has 0 atom stereocenters. The van der Waals surface area contributed by atoms with Crippen LogP contribution in [0.4, 0.5) is 4.39 Å². The second-order valence-electron chi connectivity index (χ2n) is 4.13. The molecule has 0 aliphatic rings. The summed E-state index contributed by atoms with van der Waals surface area (Å²) in [6, 6.07) is 6.79. The number of aryl methyl sites for hydroxylation is 1. The van der Waals surface area contributed by atoms with E-state index in [1.54, 1.807) is 23.5 Å². The second kappa shape index (κ2) is 7.03.